The maximum absolute atomic E-state index is 5.98. The van der Waals surface area contributed by atoms with Crippen molar-refractivity contribution in [1.82, 2.24) is 20.2 Å². The predicted molar refractivity (Wildman–Crippen MR) is 79.5 cm³/mol. The Balaban J connectivity index is 2.08. The molecule has 0 aliphatic heterocycles. The standard InChI is InChI=1S/C14H13ClN4O2/c1-20-6-7-21-11-5-3-2-4-9(11)12-10-8-16-19-13(10)18-14(15)17-12/h2-5,8H,6-7H2,1H3,(H,16,17,18,19). The fourth-order valence-corrected chi connectivity index (χ4v) is 2.21. The molecule has 0 aliphatic carbocycles. The topological polar surface area (TPSA) is 72.9 Å². The van der Waals surface area contributed by atoms with Gasteiger partial charge in [0.25, 0.3) is 0 Å². The highest BCUT2D eigenvalue weighted by Gasteiger charge is 2.14. The van der Waals surface area contributed by atoms with Crippen LogP contribution >= 0.6 is 11.6 Å². The predicted octanol–water partition coefficient (Wildman–Crippen LogP) is 2.70. The maximum atomic E-state index is 5.98. The van der Waals surface area contributed by atoms with Gasteiger partial charge in [-0.3, -0.25) is 5.10 Å². The molecular formula is C14H13ClN4O2. The minimum absolute atomic E-state index is 0.161. The van der Waals surface area contributed by atoms with Crippen LogP contribution < -0.4 is 4.74 Å². The van der Waals surface area contributed by atoms with Gasteiger partial charge in [0.2, 0.25) is 5.28 Å². The molecule has 2 aromatic heterocycles. The van der Waals surface area contributed by atoms with E-state index >= 15 is 0 Å². The number of methoxy groups -OCH3 is 1. The number of rotatable bonds is 5. The first-order valence-corrected chi connectivity index (χ1v) is 6.75. The molecule has 3 aromatic rings. The molecule has 0 saturated carbocycles. The second-order valence-electron chi connectivity index (χ2n) is 4.31. The zero-order valence-electron chi connectivity index (χ0n) is 11.3. The number of H-pyrrole nitrogens is 1. The minimum atomic E-state index is 0.161. The number of hydrogen-bond acceptors (Lipinski definition) is 5. The summed E-state index contributed by atoms with van der Waals surface area (Å²) in [5, 5.41) is 7.74. The van der Waals surface area contributed by atoms with Gasteiger partial charge in [0.05, 0.1) is 23.9 Å². The summed E-state index contributed by atoms with van der Waals surface area (Å²) < 4.78 is 10.7. The molecule has 0 atom stereocenters. The van der Waals surface area contributed by atoms with E-state index in [0.29, 0.717) is 30.3 Å². The zero-order chi connectivity index (χ0) is 14.7. The summed E-state index contributed by atoms with van der Waals surface area (Å²) in [6, 6.07) is 7.63. The Morgan fingerprint density at radius 1 is 1.19 bits per heavy atom. The first kappa shape index (κ1) is 13.8. The van der Waals surface area contributed by atoms with E-state index in [1.807, 2.05) is 24.3 Å². The number of fused-ring (bicyclic) bond motifs is 1. The molecule has 0 unspecified atom stereocenters. The molecule has 0 spiro atoms. The van der Waals surface area contributed by atoms with Gasteiger partial charge in [-0.2, -0.15) is 10.1 Å². The van der Waals surface area contributed by atoms with Crippen LogP contribution in [-0.2, 0) is 4.74 Å². The molecule has 21 heavy (non-hydrogen) atoms. The first-order valence-electron chi connectivity index (χ1n) is 6.37. The highest BCUT2D eigenvalue weighted by Crippen LogP contribution is 2.33. The number of ether oxygens (including phenoxy) is 2. The highest BCUT2D eigenvalue weighted by molar-refractivity contribution is 6.28. The Morgan fingerprint density at radius 2 is 2.05 bits per heavy atom. The number of aromatic amines is 1. The molecular weight excluding hydrogens is 292 g/mol. The van der Waals surface area contributed by atoms with Crippen LogP contribution in [0.3, 0.4) is 0 Å². The van der Waals surface area contributed by atoms with Crippen molar-refractivity contribution in [2.75, 3.05) is 20.3 Å². The van der Waals surface area contributed by atoms with Gasteiger partial charge in [-0.05, 0) is 23.7 Å². The number of hydrogen-bond donors (Lipinski definition) is 1. The van der Waals surface area contributed by atoms with E-state index < -0.39 is 0 Å². The summed E-state index contributed by atoms with van der Waals surface area (Å²) in [4.78, 5) is 8.42. The van der Waals surface area contributed by atoms with Gasteiger partial charge in [-0.25, -0.2) is 4.98 Å². The first-order chi connectivity index (χ1) is 10.3. The van der Waals surface area contributed by atoms with Crippen molar-refractivity contribution in [2.24, 2.45) is 0 Å². The van der Waals surface area contributed by atoms with Crippen molar-refractivity contribution >= 4 is 22.6 Å². The quantitative estimate of drug-likeness (QED) is 0.579. The van der Waals surface area contributed by atoms with Gasteiger partial charge in [0.1, 0.15) is 12.4 Å². The molecule has 6 nitrogen and oxygen atoms in total. The normalized spacial score (nSPS) is 11.0. The van der Waals surface area contributed by atoms with Crippen molar-refractivity contribution in [1.29, 1.82) is 0 Å². The monoisotopic (exact) mass is 304 g/mol. The Bertz CT molecular complexity index is 760. The fourth-order valence-electron chi connectivity index (χ4n) is 2.04. The molecule has 2 heterocycles. The van der Waals surface area contributed by atoms with Crippen LogP contribution in [0.4, 0.5) is 0 Å². The van der Waals surface area contributed by atoms with Gasteiger partial charge >= 0.3 is 0 Å². The van der Waals surface area contributed by atoms with E-state index in [0.717, 1.165) is 10.9 Å². The van der Waals surface area contributed by atoms with Crippen LogP contribution in [0.5, 0.6) is 5.75 Å². The number of aromatic nitrogens is 4. The molecule has 0 fully saturated rings. The van der Waals surface area contributed by atoms with Crippen LogP contribution in [0, 0.1) is 0 Å². The van der Waals surface area contributed by atoms with Crippen LogP contribution in [0.25, 0.3) is 22.3 Å². The molecule has 7 heteroatoms. The van der Waals surface area contributed by atoms with Gasteiger partial charge in [-0.15, -0.1) is 0 Å². The summed E-state index contributed by atoms with van der Waals surface area (Å²) in [7, 11) is 1.63. The van der Waals surface area contributed by atoms with E-state index in [4.69, 9.17) is 21.1 Å². The highest BCUT2D eigenvalue weighted by atomic mass is 35.5. The number of halogens is 1. The summed E-state index contributed by atoms with van der Waals surface area (Å²) in [5.74, 6) is 0.715. The lowest BCUT2D eigenvalue weighted by Gasteiger charge is -2.11. The number of nitrogens with zero attached hydrogens (tertiary/aromatic N) is 3. The summed E-state index contributed by atoms with van der Waals surface area (Å²) in [6.45, 7) is 0.973. The third-order valence-corrected chi connectivity index (χ3v) is 3.14. The fraction of sp³-hybridized carbons (Fsp3) is 0.214. The number of benzene rings is 1. The molecule has 0 saturated heterocycles. The van der Waals surface area contributed by atoms with Crippen molar-refractivity contribution in [3.63, 3.8) is 0 Å². The van der Waals surface area contributed by atoms with Crippen molar-refractivity contribution < 1.29 is 9.47 Å². The summed E-state index contributed by atoms with van der Waals surface area (Å²) in [6.07, 6.45) is 1.67. The van der Waals surface area contributed by atoms with Gasteiger partial charge < -0.3 is 9.47 Å². The van der Waals surface area contributed by atoms with E-state index in [1.165, 1.54) is 0 Å². The second-order valence-corrected chi connectivity index (χ2v) is 4.65. The molecule has 1 aromatic carbocycles. The molecule has 0 radical (unpaired) electrons. The minimum Gasteiger partial charge on any atom is -0.490 e. The van der Waals surface area contributed by atoms with Gasteiger partial charge in [0.15, 0.2) is 5.65 Å². The number of nitrogens with one attached hydrogen (secondary N) is 1. The smallest absolute Gasteiger partial charge is 0.224 e. The van der Waals surface area contributed by atoms with Crippen LogP contribution in [0.2, 0.25) is 5.28 Å². The lowest BCUT2D eigenvalue weighted by Crippen LogP contribution is -2.05. The molecule has 1 N–H and O–H groups in total. The Morgan fingerprint density at radius 3 is 2.90 bits per heavy atom. The van der Waals surface area contributed by atoms with E-state index in [9.17, 15) is 0 Å². The van der Waals surface area contributed by atoms with E-state index in [2.05, 4.69) is 20.2 Å². The summed E-state index contributed by atoms with van der Waals surface area (Å²) in [5.41, 5.74) is 2.12. The SMILES string of the molecule is COCCOc1ccccc1-c1nc(Cl)nc2[nH]ncc12. The van der Waals surface area contributed by atoms with Gasteiger partial charge in [0, 0.05) is 12.7 Å². The molecule has 0 bridgehead atoms. The summed E-state index contributed by atoms with van der Waals surface area (Å²) >= 11 is 5.98. The van der Waals surface area contributed by atoms with E-state index in [-0.39, 0.29) is 5.28 Å². The lowest BCUT2D eigenvalue weighted by molar-refractivity contribution is 0.146. The van der Waals surface area contributed by atoms with Crippen molar-refractivity contribution in [3.8, 4) is 17.0 Å². The Kier molecular flexibility index (Phi) is 3.98. The van der Waals surface area contributed by atoms with Crippen molar-refractivity contribution in [3.05, 3.63) is 35.7 Å². The molecule has 0 amide bonds. The Labute approximate surface area is 126 Å². The molecule has 3 rings (SSSR count). The van der Waals surface area contributed by atoms with Crippen molar-refractivity contribution in [2.45, 2.75) is 0 Å². The zero-order valence-corrected chi connectivity index (χ0v) is 12.1. The van der Waals surface area contributed by atoms with Crippen LogP contribution in [0.15, 0.2) is 30.5 Å². The largest absolute Gasteiger partial charge is 0.490 e. The third-order valence-electron chi connectivity index (χ3n) is 2.97. The van der Waals surface area contributed by atoms with E-state index in [1.54, 1.807) is 13.3 Å². The average molecular weight is 305 g/mol. The molecule has 108 valence electrons. The second kappa shape index (κ2) is 6.07. The number of para-hydroxylation sites is 1. The van der Waals surface area contributed by atoms with Gasteiger partial charge in [-0.1, -0.05) is 12.1 Å². The molecule has 0 aliphatic rings. The van der Waals surface area contributed by atoms with Crippen LogP contribution in [-0.4, -0.2) is 40.5 Å². The maximum Gasteiger partial charge on any atom is 0.224 e. The average Bonchev–Trinajstić information content (AvgIpc) is 2.95. The Hall–Kier alpha value is -2.18. The van der Waals surface area contributed by atoms with Crippen LogP contribution in [0.1, 0.15) is 0 Å². The third kappa shape index (κ3) is 2.81. The lowest BCUT2D eigenvalue weighted by atomic mass is 10.1.